The van der Waals surface area contributed by atoms with Crippen LogP contribution in [0, 0.1) is 6.92 Å². The van der Waals surface area contributed by atoms with Crippen LogP contribution in [0.5, 0.6) is 11.5 Å². The molecule has 0 aliphatic carbocycles. The van der Waals surface area contributed by atoms with Gasteiger partial charge in [-0.2, -0.15) is 0 Å². The molecule has 1 amide bonds. The first-order chi connectivity index (χ1) is 14.9. The Morgan fingerprint density at radius 3 is 2.58 bits per heavy atom. The van der Waals surface area contributed by atoms with Crippen molar-refractivity contribution in [3.05, 3.63) is 48.0 Å². The highest BCUT2D eigenvalue weighted by Crippen LogP contribution is 2.36. The fourth-order valence-corrected chi connectivity index (χ4v) is 5.53. The minimum atomic E-state index is -3.78. The van der Waals surface area contributed by atoms with Gasteiger partial charge in [0, 0.05) is 25.7 Å². The highest BCUT2D eigenvalue weighted by atomic mass is 32.2. The Bertz CT molecular complexity index is 1060. The molecule has 0 aromatic heterocycles. The van der Waals surface area contributed by atoms with Crippen molar-refractivity contribution in [2.45, 2.75) is 44.1 Å². The molecule has 7 nitrogen and oxygen atoms in total. The molecule has 0 N–H and O–H groups in total. The van der Waals surface area contributed by atoms with E-state index in [-0.39, 0.29) is 17.4 Å². The summed E-state index contributed by atoms with van der Waals surface area (Å²) in [6.45, 7) is 5.58. The van der Waals surface area contributed by atoms with E-state index in [2.05, 4.69) is 0 Å². The highest BCUT2D eigenvalue weighted by molar-refractivity contribution is 7.92. The molecule has 0 bridgehead atoms. The van der Waals surface area contributed by atoms with Crippen LogP contribution in [0.1, 0.15) is 31.7 Å². The van der Waals surface area contributed by atoms with Crippen molar-refractivity contribution in [1.29, 1.82) is 0 Å². The normalized spacial score (nSPS) is 18.5. The van der Waals surface area contributed by atoms with Gasteiger partial charge in [-0.3, -0.25) is 9.10 Å². The summed E-state index contributed by atoms with van der Waals surface area (Å²) in [6.07, 6.45) is 2.45. The van der Waals surface area contributed by atoms with Crippen LogP contribution in [0.4, 0.5) is 5.69 Å². The van der Waals surface area contributed by atoms with Gasteiger partial charge < -0.3 is 14.4 Å². The number of amides is 1. The Hall–Kier alpha value is -2.74. The number of carbonyl (C=O) groups is 1. The van der Waals surface area contributed by atoms with Gasteiger partial charge in [0.2, 0.25) is 6.10 Å². The Morgan fingerprint density at radius 2 is 1.87 bits per heavy atom. The molecule has 1 fully saturated rings. The van der Waals surface area contributed by atoms with Crippen LogP contribution in [0.15, 0.2) is 47.4 Å². The minimum Gasteiger partial charge on any atom is -0.485 e. The van der Waals surface area contributed by atoms with Crippen LogP contribution in [-0.2, 0) is 14.8 Å². The van der Waals surface area contributed by atoms with Gasteiger partial charge in [0.05, 0.1) is 10.6 Å². The van der Waals surface area contributed by atoms with Gasteiger partial charge in [0.1, 0.15) is 6.61 Å². The largest absolute Gasteiger partial charge is 0.485 e. The molecule has 2 aromatic rings. The van der Waals surface area contributed by atoms with E-state index < -0.39 is 16.1 Å². The fourth-order valence-electron chi connectivity index (χ4n) is 4.05. The van der Waals surface area contributed by atoms with Crippen LogP contribution >= 0.6 is 0 Å². The highest BCUT2D eigenvalue weighted by Gasteiger charge is 2.33. The zero-order valence-corrected chi connectivity index (χ0v) is 18.7. The number of hydrogen-bond donors (Lipinski definition) is 0. The molecule has 166 valence electrons. The summed E-state index contributed by atoms with van der Waals surface area (Å²) >= 11 is 0. The first kappa shape index (κ1) is 21.5. The van der Waals surface area contributed by atoms with Gasteiger partial charge in [0.15, 0.2) is 11.5 Å². The number of likely N-dealkylation sites (tertiary alicyclic amines) is 1. The number of ether oxygens (including phenoxy) is 2. The van der Waals surface area contributed by atoms with Gasteiger partial charge in [-0.1, -0.05) is 12.1 Å². The van der Waals surface area contributed by atoms with Gasteiger partial charge in [-0.25, -0.2) is 8.42 Å². The standard InChI is InChI=1S/C23H28N2O5S/c1-3-25(18-9-7-8-17(2)14-18)31(27,28)19-10-11-20-21(15-19)29-16-22(30-20)23(26)24-12-5-4-6-13-24/h7-11,14-15,22H,3-6,12-13,16H2,1-2H3/t22-/m1/s1. The second kappa shape index (κ2) is 8.78. The van der Waals surface area contributed by atoms with Crippen LogP contribution < -0.4 is 13.8 Å². The summed E-state index contributed by atoms with van der Waals surface area (Å²) in [5, 5.41) is 0. The van der Waals surface area contributed by atoms with Gasteiger partial charge >= 0.3 is 0 Å². The van der Waals surface area contributed by atoms with Crippen LogP contribution in [0.3, 0.4) is 0 Å². The number of hydrogen-bond acceptors (Lipinski definition) is 5. The predicted octanol–water partition coefficient (Wildman–Crippen LogP) is 3.36. The van der Waals surface area contributed by atoms with E-state index >= 15 is 0 Å². The van der Waals surface area contributed by atoms with E-state index in [0.717, 1.165) is 37.9 Å². The minimum absolute atomic E-state index is 0.0706. The molecule has 2 heterocycles. The zero-order valence-electron chi connectivity index (χ0n) is 17.9. The molecule has 2 aliphatic heterocycles. The molecular weight excluding hydrogens is 416 g/mol. The van der Waals surface area contributed by atoms with E-state index in [1.807, 2.05) is 30.0 Å². The van der Waals surface area contributed by atoms with Crippen molar-refractivity contribution in [3.8, 4) is 11.5 Å². The number of benzene rings is 2. The number of fused-ring (bicyclic) bond motifs is 1. The third-order valence-corrected chi connectivity index (χ3v) is 7.58. The van der Waals surface area contributed by atoms with E-state index in [9.17, 15) is 13.2 Å². The molecular formula is C23H28N2O5S. The summed E-state index contributed by atoms with van der Waals surface area (Å²) in [4.78, 5) is 14.7. The van der Waals surface area contributed by atoms with E-state index in [1.54, 1.807) is 19.1 Å². The zero-order chi connectivity index (χ0) is 22.0. The number of anilines is 1. The molecule has 1 atom stereocenters. The molecule has 0 spiro atoms. The van der Waals surface area contributed by atoms with E-state index in [4.69, 9.17) is 9.47 Å². The average Bonchev–Trinajstić information content (AvgIpc) is 2.79. The lowest BCUT2D eigenvalue weighted by Gasteiger charge is -2.33. The predicted molar refractivity (Wildman–Crippen MR) is 118 cm³/mol. The van der Waals surface area contributed by atoms with Crippen molar-refractivity contribution < 1.29 is 22.7 Å². The number of carbonyl (C=O) groups excluding carboxylic acids is 1. The second-order valence-corrected chi connectivity index (χ2v) is 9.78. The number of rotatable bonds is 5. The van der Waals surface area contributed by atoms with Crippen molar-refractivity contribution in [2.75, 3.05) is 30.5 Å². The van der Waals surface area contributed by atoms with Crippen molar-refractivity contribution in [3.63, 3.8) is 0 Å². The van der Waals surface area contributed by atoms with Crippen molar-refractivity contribution >= 4 is 21.6 Å². The molecule has 4 rings (SSSR count). The number of piperidine rings is 1. The maximum Gasteiger partial charge on any atom is 0.267 e. The fraction of sp³-hybridized carbons (Fsp3) is 0.435. The molecule has 0 unspecified atom stereocenters. The third-order valence-electron chi connectivity index (χ3n) is 5.68. The SMILES string of the molecule is CCN(c1cccc(C)c1)S(=O)(=O)c1ccc2c(c1)OC[C@H](C(=O)N1CCCCC1)O2. The van der Waals surface area contributed by atoms with Crippen LogP contribution in [-0.4, -0.2) is 51.6 Å². The van der Waals surface area contributed by atoms with Gasteiger partial charge in [0.25, 0.3) is 15.9 Å². The summed E-state index contributed by atoms with van der Waals surface area (Å²) in [6, 6.07) is 11.9. The third kappa shape index (κ3) is 4.35. The summed E-state index contributed by atoms with van der Waals surface area (Å²) in [5.41, 5.74) is 1.60. The Labute approximate surface area is 183 Å². The quantitative estimate of drug-likeness (QED) is 0.707. The molecule has 1 saturated heterocycles. The monoisotopic (exact) mass is 444 g/mol. The summed E-state index contributed by atoms with van der Waals surface area (Å²) < 4.78 is 39.6. The Morgan fingerprint density at radius 1 is 1.10 bits per heavy atom. The summed E-state index contributed by atoms with van der Waals surface area (Å²) in [5.74, 6) is 0.655. The van der Waals surface area contributed by atoms with Crippen LogP contribution in [0.25, 0.3) is 0 Å². The maximum absolute atomic E-state index is 13.3. The van der Waals surface area contributed by atoms with Gasteiger partial charge in [-0.05, 0) is 62.9 Å². The molecule has 8 heteroatoms. The molecule has 2 aliphatic rings. The topological polar surface area (TPSA) is 76.2 Å². The maximum atomic E-state index is 13.3. The summed E-state index contributed by atoms with van der Waals surface area (Å²) in [7, 11) is -3.78. The first-order valence-corrected chi connectivity index (χ1v) is 12.2. The second-order valence-electron chi connectivity index (χ2n) is 7.92. The van der Waals surface area contributed by atoms with Gasteiger partial charge in [-0.15, -0.1) is 0 Å². The molecule has 0 radical (unpaired) electrons. The molecule has 31 heavy (non-hydrogen) atoms. The number of aryl methyl sites for hydroxylation is 1. The lowest BCUT2D eigenvalue weighted by atomic mass is 10.1. The van der Waals surface area contributed by atoms with Crippen LogP contribution in [0.2, 0.25) is 0 Å². The first-order valence-electron chi connectivity index (χ1n) is 10.7. The Balaban J connectivity index is 1.55. The average molecular weight is 445 g/mol. The number of nitrogens with zero attached hydrogens (tertiary/aromatic N) is 2. The van der Waals surface area contributed by atoms with E-state index in [1.165, 1.54) is 16.4 Å². The van der Waals surface area contributed by atoms with Crippen molar-refractivity contribution in [1.82, 2.24) is 4.90 Å². The van der Waals surface area contributed by atoms with Crippen molar-refractivity contribution in [2.24, 2.45) is 0 Å². The number of sulfonamides is 1. The Kier molecular flexibility index (Phi) is 6.09. The van der Waals surface area contributed by atoms with E-state index in [0.29, 0.717) is 23.7 Å². The molecule has 2 aromatic carbocycles. The lowest BCUT2D eigenvalue weighted by molar-refractivity contribution is -0.142. The smallest absolute Gasteiger partial charge is 0.267 e. The lowest BCUT2D eigenvalue weighted by Crippen LogP contribution is -2.48. The molecule has 0 saturated carbocycles.